The Bertz CT molecular complexity index is 1160. The monoisotopic (exact) mass is 520 g/mol. The summed E-state index contributed by atoms with van der Waals surface area (Å²) < 4.78 is 12.6. The van der Waals surface area contributed by atoms with Crippen LogP contribution in [0.25, 0.3) is 5.69 Å². The number of hydrogen-bond acceptors (Lipinski definition) is 6. The van der Waals surface area contributed by atoms with Crippen molar-refractivity contribution in [2.45, 2.75) is 26.8 Å². The van der Waals surface area contributed by atoms with Gasteiger partial charge >= 0.3 is 6.03 Å². The summed E-state index contributed by atoms with van der Waals surface area (Å²) in [6, 6.07) is 17.5. The molecule has 0 saturated carbocycles. The van der Waals surface area contributed by atoms with Gasteiger partial charge in [-0.1, -0.05) is 25.1 Å². The zero-order chi connectivity index (χ0) is 26.9. The number of anilines is 2. The third-order valence-corrected chi connectivity index (χ3v) is 7.03. The average molecular weight is 521 g/mol. The molecule has 3 aromatic rings. The predicted octanol–water partition coefficient (Wildman–Crippen LogP) is 4.40. The van der Waals surface area contributed by atoms with Crippen molar-refractivity contribution in [3.05, 3.63) is 65.9 Å². The first-order valence-electron chi connectivity index (χ1n) is 13.3. The number of hydrogen-bond donors (Lipinski definition) is 1. The maximum Gasteiger partial charge on any atom is 0.322 e. The number of likely N-dealkylation sites (N-methyl/N-ethyl adjacent to an activating group) is 1. The lowest BCUT2D eigenvalue weighted by Gasteiger charge is -2.36. The third-order valence-electron chi connectivity index (χ3n) is 7.03. The number of piperazine rings is 1. The number of amides is 2. The number of carbonyl (C=O) groups excluding carboxylic acids is 1. The Morgan fingerprint density at radius 2 is 1.74 bits per heavy atom. The van der Waals surface area contributed by atoms with E-state index < -0.39 is 0 Å². The summed E-state index contributed by atoms with van der Waals surface area (Å²) >= 11 is 0. The predicted molar refractivity (Wildman–Crippen MR) is 152 cm³/mol. The zero-order valence-corrected chi connectivity index (χ0v) is 23.0. The second-order valence-corrected chi connectivity index (χ2v) is 9.48. The Balaban J connectivity index is 1.64. The first-order chi connectivity index (χ1) is 18.5. The summed E-state index contributed by atoms with van der Waals surface area (Å²) in [6.07, 6.45) is 0.739. The van der Waals surface area contributed by atoms with Gasteiger partial charge in [0.1, 0.15) is 11.6 Å². The van der Waals surface area contributed by atoms with Crippen LogP contribution in [0.3, 0.4) is 0 Å². The van der Waals surface area contributed by atoms with Gasteiger partial charge in [-0.2, -0.15) is 5.10 Å². The molecule has 9 heteroatoms. The molecule has 0 atom stereocenters. The number of methoxy groups -OCH3 is 2. The number of benzene rings is 2. The lowest BCUT2D eigenvalue weighted by molar-refractivity contribution is 0.171. The minimum Gasteiger partial charge on any atom is -0.497 e. The van der Waals surface area contributed by atoms with Crippen molar-refractivity contribution in [2.24, 2.45) is 0 Å². The maximum atomic E-state index is 13.5. The fourth-order valence-electron chi connectivity index (χ4n) is 4.80. The van der Waals surface area contributed by atoms with Crippen LogP contribution in [0.1, 0.15) is 24.6 Å². The quantitative estimate of drug-likeness (QED) is 0.378. The van der Waals surface area contributed by atoms with Gasteiger partial charge in [-0.05, 0) is 56.3 Å². The van der Waals surface area contributed by atoms with E-state index in [2.05, 4.69) is 34.2 Å². The van der Waals surface area contributed by atoms with Crippen molar-refractivity contribution in [3.63, 3.8) is 0 Å². The van der Waals surface area contributed by atoms with E-state index in [0.29, 0.717) is 19.7 Å². The molecule has 2 heterocycles. The molecular formula is C29H40N6O3. The van der Waals surface area contributed by atoms with Crippen LogP contribution in [-0.2, 0) is 11.3 Å². The number of nitrogens with zero attached hydrogens (tertiary/aromatic N) is 5. The van der Waals surface area contributed by atoms with Crippen molar-refractivity contribution in [2.75, 3.05) is 70.3 Å². The highest BCUT2D eigenvalue weighted by Gasteiger charge is 2.27. The van der Waals surface area contributed by atoms with E-state index in [4.69, 9.17) is 14.6 Å². The molecule has 0 unspecified atom stereocenters. The molecule has 4 rings (SSSR count). The van der Waals surface area contributed by atoms with E-state index in [0.717, 1.165) is 73.3 Å². The average Bonchev–Trinajstić information content (AvgIpc) is 3.29. The van der Waals surface area contributed by atoms with Crippen LogP contribution in [0.15, 0.2) is 54.6 Å². The van der Waals surface area contributed by atoms with Crippen LogP contribution in [0.5, 0.6) is 5.75 Å². The third kappa shape index (κ3) is 6.65. The van der Waals surface area contributed by atoms with Crippen LogP contribution in [0.4, 0.5) is 16.3 Å². The largest absolute Gasteiger partial charge is 0.497 e. The molecule has 2 aromatic carbocycles. The molecule has 1 aliphatic heterocycles. The molecule has 1 N–H and O–H groups in total. The number of carbonyl (C=O) groups is 1. The lowest BCUT2D eigenvalue weighted by atomic mass is 10.2. The van der Waals surface area contributed by atoms with Crippen LogP contribution in [0, 0.1) is 6.92 Å². The van der Waals surface area contributed by atoms with Gasteiger partial charge in [0, 0.05) is 57.7 Å². The molecule has 0 radical (unpaired) electrons. The molecule has 38 heavy (non-hydrogen) atoms. The zero-order valence-electron chi connectivity index (χ0n) is 23.0. The normalized spacial score (nSPS) is 13.9. The van der Waals surface area contributed by atoms with Gasteiger partial charge in [-0.25, -0.2) is 9.48 Å². The second-order valence-electron chi connectivity index (χ2n) is 9.48. The Hall–Kier alpha value is -3.56. The summed E-state index contributed by atoms with van der Waals surface area (Å²) in [5.74, 6) is 1.81. The first kappa shape index (κ1) is 27.5. The number of ether oxygens (including phenoxy) is 2. The molecule has 0 spiro atoms. The van der Waals surface area contributed by atoms with Gasteiger partial charge in [-0.3, -0.25) is 0 Å². The summed E-state index contributed by atoms with van der Waals surface area (Å²) in [6.45, 7) is 10.7. The maximum absolute atomic E-state index is 13.5. The Morgan fingerprint density at radius 3 is 2.37 bits per heavy atom. The fourth-order valence-corrected chi connectivity index (χ4v) is 4.80. The molecule has 9 nitrogen and oxygen atoms in total. The molecule has 0 aliphatic carbocycles. The highest BCUT2D eigenvalue weighted by atomic mass is 16.5. The van der Waals surface area contributed by atoms with E-state index in [1.807, 2.05) is 59.0 Å². The van der Waals surface area contributed by atoms with Gasteiger partial charge in [0.25, 0.3) is 0 Å². The minimum absolute atomic E-state index is 0.153. The van der Waals surface area contributed by atoms with Gasteiger partial charge in [0.05, 0.1) is 25.0 Å². The first-order valence-corrected chi connectivity index (χ1v) is 13.3. The summed E-state index contributed by atoms with van der Waals surface area (Å²) in [5, 5.41) is 8.03. The molecule has 1 fully saturated rings. The van der Waals surface area contributed by atoms with Gasteiger partial charge in [0.15, 0.2) is 0 Å². The second kappa shape index (κ2) is 13.3. The van der Waals surface area contributed by atoms with Crippen molar-refractivity contribution in [1.29, 1.82) is 0 Å². The van der Waals surface area contributed by atoms with E-state index >= 15 is 0 Å². The number of nitrogens with one attached hydrogen (secondary N) is 1. The minimum atomic E-state index is -0.153. The SMILES string of the molecule is CCN1CCN(c2c(CN(CCCOC)C(=O)Nc3ccc(OC)cc3)c(C)nn2-c2ccccc2)CC1. The Morgan fingerprint density at radius 1 is 1.03 bits per heavy atom. The Kier molecular flexibility index (Phi) is 9.62. The van der Waals surface area contributed by atoms with Crippen LogP contribution in [-0.4, -0.2) is 85.7 Å². The summed E-state index contributed by atoms with van der Waals surface area (Å²) in [5.41, 5.74) is 3.74. The molecule has 2 amide bonds. The number of urea groups is 1. The van der Waals surface area contributed by atoms with Crippen molar-refractivity contribution in [3.8, 4) is 11.4 Å². The molecular weight excluding hydrogens is 480 g/mol. The number of aryl methyl sites for hydroxylation is 1. The summed E-state index contributed by atoms with van der Waals surface area (Å²) in [4.78, 5) is 20.3. The number of para-hydroxylation sites is 1. The Labute approximate surface area is 225 Å². The van der Waals surface area contributed by atoms with Crippen molar-refractivity contribution >= 4 is 17.5 Å². The van der Waals surface area contributed by atoms with E-state index in [1.54, 1.807) is 14.2 Å². The molecule has 1 saturated heterocycles. The highest BCUT2D eigenvalue weighted by molar-refractivity contribution is 5.89. The fraction of sp³-hybridized carbons (Fsp3) is 0.448. The van der Waals surface area contributed by atoms with Crippen LogP contribution in [0.2, 0.25) is 0 Å². The van der Waals surface area contributed by atoms with Crippen molar-refractivity contribution in [1.82, 2.24) is 19.6 Å². The molecule has 1 aliphatic rings. The lowest BCUT2D eigenvalue weighted by Crippen LogP contribution is -2.47. The van der Waals surface area contributed by atoms with Crippen LogP contribution >= 0.6 is 0 Å². The van der Waals surface area contributed by atoms with E-state index in [-0.39, 0.29) is 6.03 Å². The van der Waals surface area contributed by atoms with Crippen molar-refractivity contribution < 1.29 is 14.3 Å². The highest BCUT2D eigenvalue weighted by Crippen LogP contribution is 2.30. The van der Waals surface area contributed by atoms with E-state index in [1.165, 1.54) is 0 Å². The number of rotatable bonds is 11. The molecule has 0 bridgehead atoms. The van der Waals surface area contributed by atoms with Gasteiger partial charge in [0.2, 0.25) is 0 Å². The molecule has 1 aromatic heterocycles. The van der Waals surface area contributed by atoms with Crippen LogP contribution < -0.4 is 15.0 Å². The number of aromatic nitrogens is 2. The van der Waals surface area contributed by atoms with Gasteiger partial charge < -0.3 is 29.5 Å². The van der Waals surface area contributed by atoms with Gasteiger partial charge in [-0.15, -0.1) is 0 Å². The summed E-state index contributed by atoms with van der Waals surface area (Å²) in [7, 11) is 3.31. The smallest absolute Gasteiger partial charge is 0.322 e. The van der Waals surface area contributed by atoms with E-state index in [9.17, 15) is 4.79 Å². The molecule has 204 valence electrons. The standard InChI is InChI=1S/C29H40N6O3/c1-5-32-17-19-33(20-18-32)28-27(23(2)31-35(28)25-10-7-6-8-11-25)22-34(16-9-21-37-3)29(36)30-24-12-14-26(38-4)15-13-24/h6-8,10-15H,5,9,16-22H2,1-4H3,(H,30,36). The topological polar surface area (TPSA) is 75.1 Å².